The van der Waals surface area contributed by atoms with Gasteiger partial charge in [-0.2, -0.15) is 5.10 Å². The van der Waals surface area contributed by atoms with E-state index < -0.39 is 0 Å². The van der Waals surface area contributed by atoms with Crippen molar-refractivity contribution in [2.75, 3.05) is 6.54 Å². The third kappa shape index (κ3) is 4.62. The van der Waals surface area contributed by atoms with E-state index in [1.54, 1.807) is 12.1 Å². The van der Waals surface area contributed by atoms with E-state index in [4.69, 9.17) is 12.2 Å². The van der Waals surface area contributed by atoms with E-state index in [9.17, 15) is 9.90 Å². The summed E-state index contributed by atoms with van der Waals surface area (Å²) in [7, 11) is 0. The fourth-order valence-corrected chi connectivity index (χ4v) is 3.24. The number of aromatic nitrogens is 3. The second-order valence-corrected chi connectivity index (χ2v) is 6.60. The van der Waals surface area contributed by atoms with Crippen molar-refractivity contribution >= 4 is 18.1 Å². The minimum atomic E-state index is -0.306. The topological polar surface area (TPSA) is 82.9 Å². The zero-order valence-corrected chi connectivity index (χ0v) is 15.9. The molecule has 3 rings (SSSR count). The highest BCUT2D eigenvalue weighted by molar-refractivity contribution is 7.71. The molecule has 0 aliphatic carbocycles. The highest BCUT2D eigenvalue weighted by Gasteiger charge is 2.13. The Balaban J connectivity index is 1.65. The molecule has 0 spiro atoms. The highest BCUT2D eigenvalue weighted by atomic mass is 32.1. The van der Waals surface area contributed by atoms with E-state index in [-0.39, 0.29) is 17.2 Å². The van der Waals surface area contributed by atoms with Crippen LogP contribution in [-0.4, -0.2) is 32.3 Å². The van der Waals surface area contributed by atoms with E-state index in [0.717, 1.165) is 23.5 Å². The van der Waals surface area contributed by atoms with E-state index >= 15 is 0 Å². The van der Waals surface area contributed by atoms with Crippen LogP contribution in [0.4, 0.5) is 0 Å². The van der Waals surface area contributed by atoms with Crippen LogP contribution in [-0.2, 0) is 19.4 Å². The number of hydrogen-bond donors (Lipinski definition) is 3. The van der Waals surface area contributed by atoms with Crippen LogP contribution in [0.2, 0.25) is 0 Å². The molecule has 1 amide bonds. The predicted molar refractivity (Wildman–Crippen MR) is 106 cm³/mol. The van der Waals surface area contributed by atoms with Crippen LogP contribution in [0.3, 0.4) is 0 Å². The number of carbonyl (C=O) groups is 1. The number of nitrogens with zero attached hydrogens (tertiary/aromatic N) is 2. The molecule has 27 heavy (non-hydrogen) atoms. The Morgan fingerprint density at radius 2 is 2.00 bits per heavy atom. The standard InChI is InChI=1S/C20H22N4O2S/c1-2-24-18(22-23-20(24)27)10-11-21-19(26)16-13-15(8-9-17(16)25)12-14-6-4-3-5-7-14/h3-9,13,25H,2,10-12H2,1H3,(H,21,26)(H,23,27). The predicted octanol–water partition coefficient (Wildman–Crippen LogP) is 3.23. The molecular weight excluding hydrogens is 360 g/mol. The molecule has 2 aromatic carbocycles. The van der Waals surface area contributed by atoms with Crippen molar-refractivity contribution in [3.8, 4) is 5.75 Å². The number of phenolic OH excluding ortho intramolecular Hbond substituents is 1. The third-order valence-electron chi connectivity index (χ3n) is 4.34. The average molecular weight is 382 g/mol. The van der Waals surface area contributed by atoms with Crippen LogP contribution in [0.5, 0.6) is 5.75 Å². The minimum absolute atomic E-state index is 0.0273. The first kappa shape index (κ1) is 18.8. The first-order chi connectivity index (χ1) is 13.1. The lowest BCUT2D eigenvalue weighted by Crippen LogP contribution is -2.26. The van der Waals surface area contributed by atoms with Crippen molar-refractivity contribution < 1.29 is 9.90 Å². The lowest BCUT2D eigenvalue weighted by molar-refractivity contribution is 0.0951. The number of benzene rings is 2. The molecule has 0 atom stereocenters. The Morgan fingerprint density at radius 3 is 2.74 bits per heavy atom. The first-order valence-corrected chi connectivity index (χ1v) is 9.27. The Hall–Kier alpha value is -2.93. The fourth-order valence-electron chi connectivity index (χ4n) is 2.96. The summed E-state index contributed by atoms with van der Waals surface area (Å²) >= 11 is 5.16. The van der Waals surface area contributed by atoms with Crippen molar-refractivity contribution in [3.05, 3.63) is 75.8 Å². The maximum Gasteiger partial charge on any atom is 0.255 e. The smallest absolute Gasteiger partial charge is 0.255 e. The van der Waals surface area contributed by atoms with Gasteiger partial charge in [0.05, 0.1) is 5.56 Å². The number of phenols is 1. The Kier molecular flexibility index (Phi) is 6.03. The minimum Gasteiger partial charge on any atom is -0.507 e. The van der Waals surface area contributed by atoms with Crippen LogP contribution < -0.4 is 5.32 Å². The zero-order chi connectivity index (χ0) is 19.2. The number of H-pyrrole nitrogens is 1. The van der Waals surface area contributed by atoms with Gasteiger partial charge in [-0.3, -0.25) is 9.89 Å². The number of hydrogen-bond acceptors (Lipinski definition) is 4. The monoisotopic (exact) mass is 382 g/mol. The highest BCUT2D eigenvalue weighted by Crippen LogP contribution is 2.20. The number of carbonyl (C=O) groups excluding carboxylic acids is 1. The average Bonchev–Trinajstić information content (AvgIpc) is 3.03. The van der Waals surface area contributed by atoms with E-state index in [1.165, 1.54) is 0 Å². The molecule has 0 aliphatic rings. The summed E-state index contributed by atoms with van der Waals surface area (Å²) < 4.78 is 2.46. The molecule has 3 N–H and O–H groups in total. The van der Waals surface area contributed by atoms with Crippen LogP contribution in [0.15, 0.2) is 48.5 Å². The van der Waals surface area contributed by atoms with Crippen molar-refractivity contribution in [1.29, 1.82) is 0 Å². The Labute approximate surface area is 162 Å². The normalized spacial score (nSPS) is 10.7. The maximum atomic E-state index is 12.5. The van der Waals surface area contributed by atoms with Gasteiger partial charge in [0.2, 0.25) is 0 Å². The number of nitrogens with one attached hydrogen (secondary N) is 2. The Morgan fingerprint density at radius 1 is 1.22 bits per heavy atom. The largest absolute Gasteiger partial charge is 0.507 e. The molecule has 0 radical (unpaired) electrons. The van der Waals surface area contributed by atoms with Crippen LogP contribution in [0.25, 0.3) is 0 Å². The van der Waals surface area contributed by atoms with Gasteiger partial charge in [0.25, 0.3) is 5.91 Å². The molecule has 140 valence electrons. The summed E-state index contributed by atoms with van der Waals surface area (Å²) in [6, 6.07) is 15.1. The molecule has 6 nitrogen and oxygen atoms in total. The van der Waals surface area contributed by atoms with Crippen molar-refractivity contribution in [3.63, 3.8) is 0 Å². The number of aromatic amines is 1. The molecule has 1 aromatic heterocycles. The second kappa shape index (κ2) is 8.64. The van der Waals surface area contributed by atoms with Gasteiger partial charge in [-0.05, 0) is 48.8 Å². The molecule has 0 unspecified atom stereocenters. The molecule has 1 heterocycles. The second-order valence-electron chi connectivity index (χ2n) is 6.21. The molecular formula is C20H22N4O2S. The van der Waals surface area contributed by atoms with E-state index in [1.807, 2.05) is 47.9 Å². The van der Waals surface area contributed by atoms with Crippen molar-refractivity contribution in [2.24, 2.45) is 0 Å². The molecule has 0 bridgehead atoms. The third-order valence-corrected chi connectivity index (χ3v) is 4.66. The Bertz CT molecular complexity index is 979. The van der Waals surface area contributed by atoms with Gasteiger partial charge < -0.3 is 15.0 Å². The van der Waals surface area contributed by atoms with Gasteiger partial charge >= 0.3 is 0 Å². The quantitative estimate of drug-likeness (QED) is 0.548. The summed E-state index contributed by atoms with van der Waals surface area (Å²) in [6.45, 7) is 3.12. The maximum absolute atomic E-state index is 12.5. The summed E-state index contributed by atoms with van der Waals surface area (Å²) in [5.74, 6) is 0.463. The zero-order valence-electron chi connectivity index (χ0n) is 15.1. The van der Waals surface area contributed by atoms with Crippen molar-refractivity contribution in [2.45, 2.75) is 26.3 Å². The summed E-state index contributed by atoms with van der Waals surface area (Å²) in [5, 5.41) is 19.9. The van der Waals surface area contributed by atoms with Crippen LogP contribution >= 0.6 is 12.2 Å². The summed E-state index contributed by atoms with van der Waals surface area (Å²) in [5.41, 5.74) is 2.39. The van der Waals surface area contributed by atoms with Crippen LogP contribution in [0.1, 0.15) is 34.2 Å². The summed E-state index contributed by atoms with van der Waals surface area (Å²) in [4.78, 5) is 12.5. The van der Waals surface area contributed by atoms with Gasteiger partial charge in [0, 0.05) is 19.5 Å². The first-order valence-electron chi connectivity index (χ1n) is 8.86. The van der Waals surface area contributed by atoms with Crippen LogP contribution in [0, 0.1) is 4.77 Å². The number of rotatable bonds is 7. The van der Waals surface area contributed by atoms with Gasteiger partial charge in [0.1, 0.15) is 11.6 Å². The number of aromatic hydroxyl groups is 1. The van der Waals surface area contributed by atoms with Gasteiger partial charge in [-0.1, -0.05) is 36.4 Å². The van der Waals surface area contributed by atoms with E-state index in [0.29, 0.717) is 24.2 Å². The lowest BCUT2D eigenvalue weighted by Gasteiger charge is -2.09. The van der Waals surface area contributed by atoms with Gasteiger partial charge in [-0.25, -0.2) is 0 Å². The van der Waals surface area contributed by atoms with E-state index in [2.05, 4.69) is 15.5 Å². The van der Waals surface area contributed by atoms with Gasteiger partial charge in [-0.15, -0.1) is 0 Å². The summed E-state index contributed by atoms with van der Waals surface area (Å²) in [6.07, 6.45) is 1.25. The number of amides is 1. The van der Waals surface area contributed by atoms with Gasteiger partial charge in [0.15, 0.2) is 4.77 Å². The molecule has 0 aliphatic heterocycles. The molecule has 0 fully saturated rings. The SMILES string of the molecule is CCn1c(CCNC(=O)c2cc(Cc3ccccc3)ccc2O)n[nH]c1=S. The lowest BCUT2D eigenvalue weighted by atomic mass is 10.0. The fraction of sp³-hybridized carbons (Fsp3) is 0.250. The molecule has 0 saturated carbocycles. The van der Waals surface area contributed by atoms with Crippen molar-refractivity contribution in [1.82, 2.24) is 20.1 Å². The molecule has 7 heteroatoms. The molecule has 3 aromatic rings. The molecule has 0 saturated heterocycles.